The number of aliphatic hydroxyl groups is 1. The molecular weight excluding hydrogens is 260 g/mol. The molecule has 0 aliphatic heterocycles. The van der Waals surface area contributed by atoms with Crippen LogP contribution in [-0.2, 0) is 0 Å². The highest BCUT2D eigenvalue weighted by Gasteiger charge is 2.25. The summed E-state index contributed by atoms with van der Waals surface area (Å²) in [6, 6.07) is 7.04. The second-order valence-electron chi connectivity index (χ2n) is 5.22. The van der Waals surface area contributed by atoms with Crippen molar-refractivity contribution < 1.29 is 5.11 Å². The van der Waals surface area contributed by atoms with Crippen LogP contribution in [0.25, 0.3) is 0 Å². The van der Waals surface area contributed by atoms with Crippen LogP contribution in [0.4, 0.5) is 5.69 Å². The average Bonchev–Trinajstić information content (AvgIpc) is 2.35. The lowest BCUT2D eigenvalue weighted by Crippen LogP contribution is -2.42. The van der Waals surface area contributed by atoms with E-state index in [0.717, 1.165) is 16.3 Å². The first-order valence-electron chi connectivity index (χ1n) is 7.01. The fourth-order valence-corrected chi connectivity index (χ4v) is 2.87. The van der Waals surface area contributed by atoms with Gasteiger partial charge in [0.25, 0.3) is 0 Å². The van der Waals surface area contributed by atoms with Gasteiger partial charge in [0.15, 0.2) is 0 Å². The summed E-state index contributed by atoms with van der Waals surface area (Å²) in [7, 11) is 1.93. The highest BCUT2D eigenvalue weighted by Crippen LogP contribution is 2.33. The maximum absolute atomic E-state index is 9.23. The summed E-state index contributed by atoms with van der Waals surface area (Å²) in [5, 5.41) is 13.2. The number of hydrogen-bond acceptors (Lipinski definition) is 3. The van der Waals surface area contributed by atoms with Crippen LogP contribution in [0.3, 0.4) is 0 Å². The Bertz CT molecular complexity index is 421. The molecule has 0 amide bonds. The minimum absolute atomic E-state index is 0.183. The molecule has 3 nitrogen and oxygen atoms in total. The average molecular weight is 283 g/mol. The van der Waals surface area contributed by atoms with Gasteiger partial charge in [-0.25, -0.2) is 0 Å². The summed E-state index contributed by atoms with van der Waals surface area (Å²) in [5.41, 5.74) is 2.24. The number of anilines is 1. The molecule has 1 atom stereocenters. The summed E-state index contributed by atoms with van der Waals surface area (Å²) >= 11 is 6.38. The second kappa shape index (κ2) is 6.60. The third-order valence-electron chi connectivity index (χ3n) is 4.07. The number of aliphatic hydroxyl groups excluding tert-OH is 1. The van der Waals surface area contributed by atoms with Crippen molar-refractivity contribution in [2.24, 2.45) is 0 Å². The van der Waals surface area contributed by atoms with Gasteiger partial charge in [0.2, 0.25) is 0 Å². The highest BCUT2D eigenvalue weighted by molar-refractivity contribution is 6.31. The molecule has 1 aromatic carbocycles. The largest absolute Gasteiger partial charge is 0.395 e. The van der Waals surface area contributed by atoms with Crippen LogP contribution in [0.5, 0.6) is 0 Å². The van der Waals surface area contributed by atoms with Gasteiger partial charge in [0.05, 0.1) is 6.61 Å². The lowest BCUT2D eigenvalue weighted by molar-refractivity contribution is 0.283. The summed E-state index contributed by atoms with van der Waals surface area (Å²) < 4.78 is 0. The fourth-order valence-electron chi connectivity index (χ4n) is 2.53. The molecule has 1 fully saturated rings. The molecule has 106 valence electrons. The Hall–Kier alpha value is -0.770. The first kappa shape index (κ1) is 14.6. The van der Waals surface area contributed by atoms with E-state index in [4.69, 9.17) is 11.6 Å². The van der Waals surface area contributed by atoms with Crippen molar-refractivity contribution in [1.29, 1.82) is 0 Å². The van der Waals surface area contributed by atoms with E-state index in [1.165, 1.54) is 19.3 Å². The van der Waals surface area contributed by atoms with Crippen LogP contribution in [0.2, 0.25) is 5.02 Å². The predicted octanol–water partition coefficient (Wildman–Crippen LogP) is 2.97. The van der Waals surface area contributed by atoms with Crippen molar-refractivity contribution >= 4 is 17.3 Å². The first-order chi connectivity index (χ1) is 9.17. The SMILES string of the molecule is CNC(C)c1ccc(N(CCO)C2CCC2)cc1Cl. The van der Waals surface area contributed by atoms with Crippen LogP contribution in [0, 0.1) is 0 Å². The van der Waals surface area contributed by atoms with Crippen LogP contribution in [0.15, 0.2) is 18.2 Å². The van der Waals surface area contributed by atoms with Crippen molar-refractivity contribution in [2.45, 2.75) is 38.3 Å². The summed E-state index contributed by atoms with van der Waals surface area (Å²) in [4.78, 5) is 2.28. The van der Waals surface area contributed by atoms with Gasteiger partial charge in [-0.3, -0.25) is 0 Å². The van der Waals surface area contributed by atoms with Gasteiger partial charge < -0.3 is 15.3 Å². The van der Waals surface area contributed by atoms with Crippen molar-refractivity contribution in [1.82, 2.24) is 5.32 Å². The van der Waals surface area contributed by atoms with E-state index in [9.17, 15) is 5.11 Å². The van der Waals surface area contributed by atoms with Crippen LogP contribution in [-0.4, -0.2) is 31.3 Å². The van der Waals surface area contributed by atoms with Gasteiger partial charge in [-0.05, 0) is 50.9 Å². The molecule has 1 aliphatic rings. The monoisotopic (exact) mass is 282 g/mol. The van der Waals surface area contributed by atoms with Gasteiger partial charge in [-0.15, -0.1) is 0 Å². The standard InChI is InChI=1S/C15H23ClN2O/c1-11(17-2)14-7-6-13(10-15(14)16)18(8-9-19)12-4-3-5-12/h6-7,10-12,17,19H,3-5,8-9H2,1-2H3. The molecule has 0 spiro atoms. The maximum Gasteiger partial charge on any atom is 0.0606 e. The Morgan fingerprint density at radius 1 is 1.47 bits per heavy atom. The molecule has 4 heteroatoms. The summed E-state index contributed by atoms with van der Waals surface area (Å²) in [5.74, 6) is 0. The third-order valence-corrected chi connectivity index (χ3v) is 4.40. The number of nitrogens with zero attached hydrogens (tertiary/aromatic N) is 1. The lowest BCUT2D eigenvalue weighted by atomic mass is 9.91. The van der Waals surface area contributed by atoms with E-state index in [0.29, 0.717) is 12.6 Å². The van der Waals surface area contributed by atoms with Gasteiger partial charge in [-0.2, -0.15) is 0 Å². The Morgan fingerprint density at radius 2 is 2.21 bits per heavy atom. The molecule has 2 rings (SSSR count). The van der Waals surface area contributed by atoms with E-state index >= 15 is 0 Å². The zero-order chi connectivity index (χ0) is 13.8. The van der Waals surface area contributed by atoms with E-state index < -0.39 is 0 Å². The van der Waals surface area contributed by atoms with Gasteiger partial charge >= 0.3 is 0 Å². The zero-order valence-corrected chi connectivity index (χ0v) is 12.5. The summed E-state index contributed by atoms with van der Waals surface area (Å²) in [6.07, 6.45) is 3.72. The molecule has 0 bridgehead atoms. The molecular formula is C15H23ClN2O. The highest BCUT2D eigenvalue weighted by atomic mass is 35.5. The normalized spacial score (nSPS) is 17.1. The van der Waals surface area contributed by atoms with Crippen molar-refractivity contribution in [3.8, 4) is 0 Å². The quantitative estimate of drug-likeness (QED) is 0.842. The smallest absolute Gasteiger partial charge is 0.0606 e. The Balaban J connectivity index is 2.21. The van der Waals surface area contributed by atoms with E-state index in [-0.39, 0.29) is 12.6 Å². The molecule has 1 aliphatic carbocycles. The topological polar surface area (TPSA) is 35.5 Å². The molecule has 19 heavy (non-hydrogen) atoms. The van der Waals surface area contributed by atoms with E-state index in [2.05, 4.69) is 29.3 Å². The molecule has 1 saturated carbocycles. The molecule has 0 radical (unpaired) electrons. The molecule has 1 aromatic rings. The molecule has 2 N–H and O–H groups in total. The Morgan fingerprint density at radius 3 is 2.68 bits per heavy atom. The van der Waals surface area contributed by atoms with Gasteiger partial charge in [0.1, 0.15) is 0 Å². The third kappa shape index (κ3) is 3.22. The van der Waals surface area contributed by atoms with Crippen LogP contribution < -0.4 is 10.2 Å². The number of benzene rings is 1. The molecule has 0 heterocycles. The Kier molecular flexibility index (Phi) is 5.08. The van der Waals surface area contributed by atoms with Crippen molar-refractivity contribution in [2.75, 3.05) is 25.1 Å². The number of halogens is 1. The van der Waals surface area contributed by atoms with E-state index in [1.54, 1.807) is 0 Å². The van der Waals surface area contributed by atoms with Crippen LogP contribution in [0.1, 0.15) is 37.8 Å². The number of rotatable bonds is 6. The molecule has 0 saturated heterocycles. The minimum Gasteiger partial charge on any atom is -0.395 e. The van der Waals surface area contributed by atoms with Crippen molar-refractivity contribution in [3.63, 3.8) is 0 Å². The molecule has 1 unspecified atom stereocenters. The first-order valence-corrected chi connectivity index (χ1v) is 7.39. The van der Waals surface area contributed by atoms with Gasteiger partial charge in [0, 0.05) is 29.3 Å². The lowest BCUT2D eigenvalue weighted by Gasteiger charge is -2.39. The Labute approximate surface area is 120 Å². The molecule has 0 aromatic heterocycles. The minimum atomic E-state index is 0.183. The predicted molar refractivity (Wildman–Crippen MR) is 81.0 cm³/mol. The number of nitrogens with one attached hydrogen (secondary N) is 1. The maximum atomic E-state index is 9.23. The fraction of sp³-hybridized carbons (Fsp3) is 0.600. The summed E-state index contributed by atoms with van der Waals surface area (Å²) in [6.45, 7) is 2.96. The van der Waals surface area contributed by atoms with Crippen molar-refractivity contribution in [3.05, 3.63) is 28.8 Å². The zero-order valence-electron chi connectivity index (χ0n) is 11.7. The number of hydrogen-bond donors (Lipinski definition) is 2. The van der Waals surface area contributed by atoms with Crippen LogP contribution >= 0.6 is 11.6 Å². The second-order valence-corrected chi connectivity index (χ2v) is 5.63. The van der Waals surface area contributed by atoms with Gasteiger partial charge in [-0.1, -0.05) is 17.7 Å². The van der Waals surface area contributed by atoms with E-state index in [1.807, 2.05) is 13.1 Å².